The summed E-state index contributed by atoms with van der Waals surface area (Å²) in [5.74, 6) is -0.166. The SMILES string of the molecule is CC.CC(C)=NOCc1ccc(N2CCCCC2)c(F)c1. The standard InChI is InChI=1S/C15H21FN2O.C2H6/c1-12(2)17-19-11-13-6-7-15(14(16)10-13)18-8-4-3-5-9-18;1-2/h6-7,10H,3-5,8-9,11H2,1-2H3;1-2H3. The number of benzene rings is 1. The van der Waals surface area contributed by atoms with Gasteiger partial charge in [-0.3, -0.25) is 0 Å². The molecule has 1 aromatic rings. The maximum atomic E-state index is 14.1. The number of anilines is 1. The van der Waals surface area contributed by atoms with Gasteiger partial charge in [-0.25, -0.2) is 4.39 Å². The van der Waals surface area contributed by atoms with E-state index in [9.17, 15) is 4.39 Å². The zero-order chi connectivity index (χ0) is 15.7. The Morgan fingerprint density at radius 2 is 1.86 bits per heavy atom. The molecule has 1 aromatic carbocycles. The minimum Gasteiger partial charge on any atom is -0.391 e. The molecule has 0 radical (unpaired) electrons. The van der Waals surface area contributed by atoms with Crippen LogP contribution in [-0.2, 0) is 11.4 Å². The van der Waals surface area contributed by atoms with Gasteiger partial charge in [-0.15, -0.1) is 0 Å². The summed E-state index contributed by atoms with van der Waals surface area (Å²) in [4.78, 5) is 7.25. The van der Waals surface area contributed by atoms with Crippen molar-refractivity contribution in [3.63, 3.8) is 0 Å². The molecule has 1 aliphatic heterocycles. The Bertz CT molecular complexity index is 450. The molecule has 0 N–H and O–H groups in total. The third kappa shape index (κ3) is 5.74. The second-order valence-electron chi connectivity index (χ2n) is 5.15. The third-order valence-corrected chi connectivity index (χ3v) is 3.19. The maximum Gasteiger partial charge on any atom is 0.146 e. The van der Waals surface area contributed by atoms with Gasteiger partial charge in [0.1, 0.15) is 12.4 Å². The van der Waals surface area contributed by atoms with Crippen molar-refractivity contribution < 1.29 is 9.23 Å². The molecule has 2 rings (SSSR count). The zero-order valence-corrected chi connectivity index (χ0v) is 13.7. The summed E-state index contributed by atoms with van der Waals surface area (Å²) < 4.78 is 14.1. The minimum absolute atomic E-state index is 0.166. The molecule has 0 spiro atoms. The Morgan fingerprint density at radius 3 is 2.43 bits per heavy atom. The van der Waals surface area contributed by atoms with Gasteiger partial charge in [0.2, 0.25) is 0 Å². The summed E-state index contributed by atoms with van der Waals surface area (Å²) in [5, 5.41) is 3.85. The van der Waals surface area contributed by atoms with E-state index in [4.69, 9.17) is 4.84 Å². The molecular weight excluding hydrogens is 267 g/mol. The minimum atomic E-state index is -0.166. The first kappa shape index (κ1) is 17.5. The molecule has 0 aromatic heterocycles. The number of oxime groups is 1. The van der Waals surface area contributed by atoms with E-state index in [1.165, 1.54) is 6.42 Å². The van der Waals surface area contributed by atoms with E-state index in [1.54, 1.807) is 6.07 Å². The fourth-order valence-electron chi connectivity index (χ4n) is 2.27. The molecular formula is C17H27FN2O. The lowest BCUT2D eigenvalue weighted by molar-refractivity contribution is 0.130. The van der Waals surface area contributed by atoms with E-state index in [0.29, 0.717) is 12.3 Å². The Hall–Kier alpha value is -1.58. The van der Waals surface area contributed by atoms with E-state index < -0.39 is 0 Å². The van der Waals surface area contributed by atoms with Crippen LogP contribution >= 0.6 is 0 Å². The highest BCUT2D eigenvalue weighted by Gasteiger charge is 2.14. The average molecular weight is 294 g/mol. The topological polar surface area (TPSA) is 24.8 Å². The summed E-state index contributed by atoms with van der Waals surface area (Å²) in [6.45, 7) is 9.93. The first-order valence-electron chi connectivity index (χ1n) is 7.83. The lowest BCUT2D eigenvalue weighted by atomic mass is 10.1. The Labute approximate surface area is 127 Å². The van der Waals surface area contributed by atoms with Gasteiger partial charge in [0, 0.05) is 13.1 Å². The van der Waals surface area contributed by atoms with Gasteiger partial charge in [0.05, 0.1) is 11.4 Å². The summed E-state index contributed by atoms with van der Waals surface area (Å²) in [5.41, 5.74) is 2.37. The number of hydrogen-bond acceptors (Lipinski definition) is 3. The van der Waals surface area contributed by atoms with Crippen molar-refractivity contribution in [3.05, 3.63) is 29.6 Å². The molecule has 1 aliphatic rings. The largest absolute Gasteiger partial charge is 0.391 e. The first-order valence-corrected chi connectivity index (χ1v) is 7.83. The summed E-state index contributed by atoms with van der Waals surface area (Å²) >= 11 is 0. The van der Waals surface area contributed by atoms with Gasteiger partial charge in [0.25, 0.3) is 0 Å². The molecule has 21 heavy (non-hydrogen) atoms. The van der Waals surface area contributed by atoms with Crippen LogP contribution in [0.3, 0.4) is 0 Å². The smallest absolute Gasteiger partial charge is 0.146 e. The normalized spacial score (nSPS) is 14.0. The van der Waals surface area contributed by atoms with Crippen LogP contribution in [0.1, 0.15) is 52.5 Å². The van der Waals surface area contributed by atoms with Crippen molar-refractivity contribution in [1.29, 1.82) is 0 Å². The van der Waals surface area contributed by atoms with Gasteiger partial charge in [-0.2, -0.15) is 0 Å². The van der Waals surface area contributed by atoms with Crippen LogP contribution in [0.4, 0.5) is 10.1 Å². The van der Waals surface area contributed by atoms with Crippen molar-refractivity contribution in [2.24, 2.45) is 5.16 Å². The maximum absolute atomic E-state index is 14.1. The molecule has 1 fully saturated rings. The number of hydrogen-bond donors (Lipinski definition) is 0. The van der Waals surface area contributed by atoms with E-state index >= 15 is 0 Å². The second kappa shape index (κ2) is 9.37. The molecule has 0 unspecified atom stereocenters. The van der Waals surface area contributed by atoms with Crippen LogP contribution in [-0.4, -0.2) is 18.8 Å². The fourth-order valence-corrected chi connectivity index (χ4v) is 2.27. The summed E-state index contributed by atoms with van der Waals surface area (Å²) in [7, 11) is 0. The number of rotatable bonds is 4. The van der Waals surface area contributed by atoms with Crippen LogP contribution < -0.4 is 4.90 Å². The molecule has 4 heteroatoms. The molecule has 1 heterocycles. The van der Waals surface area contributed by atoms with Gasteiger partial charge < -0.3 is 9.74 Å². The average Bonchev–Trinajstić information content (AvgIpc) is 2.50. The molecule has 1 saturated heterocycles. The van der Waals surface area contributed by atoms with Crippen LogP contribution in [0, 0.1) is 5.82 Å². The molecule has 0 bridgehead atoms. The van der Waals surface area contributed by atoms with E-state index in [0.717, 1.165) is 37.2 Å². The lowest BCUT2D eigenvalue weighted by Crippen LogP contribution is -2.30. The number of piperidine rings is 1. The van der Waals surface area contributed by atoms with Gasteiger partial charge in [-0.05, 0) is 50.8 Å². The Morgan fingerprint density at radius 1 is 1.19 bits per heavy atom. The predicted octanol–water partition coefficient (Wildman–Crippen LogP) is 4.75. The third-order valence-electron chi connectivity index (χ3n) is 3.19. The van der Waals surface area contributed by atoms with Crippen LogP contribution in [0.5, 0.6) is 0 Å². The van der Waals surface area contributed by atoms with Gasteiger partial charge in [0.15, 0.2) is 0 Å². The number of halogens is 1. The van der Waals surface area contributed by atoms with Crippen molar-refractivity contribution in [2.45, 2.75) is 53.6 Å². The fraction of sp³-hybridized carbons (Fsp3) is 0.588. The van der Waals surface area contributed by atoms with Crippen LogP contribution in [0.15, 0.2) is 23.4 Å². The van der Waals surface area contributed by atoms with Crippen molar-refractivity contribution in [3.8, 4) is 0 Å². The highest BCUT2D eigenvalue weighted by Crippen LogP contribution is 2.24. The molecule has 3 nitrogen and oxygen atoms in total. The highest BCUT2D eigenvalue weighted by atomic mass is 19.1. The molecule has 0 atom stereocenters. The quantitative estimate of drug-likeness (QED) is 0.591. The van der Waals surface area contributed by atoms with Crippen molar-refractivity contribution in [1.82, 2.24) is 0 Å². The number of nitrogens with zero attached hydrogens (tertiary/aromatic N) is 2. The summed E-state index contributed by atoms with van der Waals surface area (Å²) in [6, 6.07) is 5.31. The van der Waals surface area contributed by atoms with Gasteiger partial charge in [-0.1, -0.05) is 25.1 Å². The Balaban J connectivity index is 0.00000106. The molecule has 0 aliphatic carbocycles. The lowest BCUT2D eigenvalue weighted by Gasteiger charge is -2.29. The molecule has 0 saturated carbocycles. The first-order chi connectivity index (χ1) is 10.2. The molecule has 118 valence electrons. The second-order valence-corrected chi connectivity index (χ2v) is 5.15. The Kier molecular flexibility index (Phi) is 7.80. The highest BCUT2D eigenvalue weighted by molar-refractivity contribution is 5.78. The van der Waals surface area contributed by atoms with Crippen LogP contribution in [0.25, 0.3) is 0 Å². The van der Waals surface area contributed by atoms with Gasteiger partial charge >= 0.3 is 0 Å². The van der Waals surface area contributed by atoms with E-state index in [1.807, 2.05) is 39.8 Å². The van der Waals surface area contributed by atoms with Crippen LogP contribution in [0.2, 0.25) is 0 Å². The molecule has 0 amide bonds. The predicted molar refractivity (Wildman–Crippen MR) is 87.4 cm³/mol. The van der Waals surface area contributed by atoms with Crippen molar-refractivity contribution >= 4 is 11.4 Å². The van der Waals surface area contributed by atoms with E-state index in [-0.39, 0.29) is 5.82 Å². The summed E-state index contributed by atoms with van der Waals surface area (Å²) in [6.07, 6.45) is 3.54. The monoisotopic (exact) mass is 294 g/mol. The van der Waals surface area contributed by atoms with E-state index in [2.05, 4.69) is 10.1 Å². The zero-order valence-electron chi connectivity index (χ0n) is 13.7. The van der Waals surface area contributed by atoms with Crippen molar-refractivity contribution in [2.75, 3.05) is 18.0 Å².